The highest BCUT2D eigenvalue weighted by Crippen LogP contribution is 2.15. The number of hydrogen-bond donors (Lipinski definition) is 1. The molecule has 0 saturated carbocycles. The molecule has 1 aromatic rings. The maximum Gasteiger partial charge on any atom is 0.407 e. The number of amides is 1. The van der Waals surface area contributed by atoms with Crippen LogP contribution in [0.3, 0.4) is 0 Å². The lowest BCUT2D eigenvalue weighted by atomic mass is 10.2. The zero-order chi connectivity index (χ0) is 17.8. The zero-order valence-electron chi connectivity index (χ0n) is 14.0. The van der Waals surface area contributed by atoms with Gasteiger partial charge in [-0.1, -0.05) is 0 Å². The average molecular weight is 346 g/mol. The molecule has 130 valence electrons. The van der Waals surface area contributed by atoms with Crippen molar-refractivity contribution < 1.29 is 22.3 Å². The Hall–Kier alpha value is -1.67. The molecule has 1 atom stereocenters. The molecule has 1 rings (SSSR count). The minimum atomic E-state index is -3.75. The summed E-state index contributed by atoms with van der Waals surface area (Å²) in [6.45, 7) is 6.94. The molecule has 0 fully saturated rings. The standard InChI is InChI=1S/C15H23FN2O4S/c1-11(17-14(19)22-15(2,3)4)10-18(5)23(20,21)13-8-6-12(16)7-9-13/h6-9,11H,10H2,1-5H3,(H,17,19)/t11-/m1/s1. The molecule has 0 radical (unpaired) electrons. The molecule has 0 unspecified atom stereocenters. The number of carbonyl (C=O) groups is 1. The largest absolute Gasteiger partial charge is 0.444 e. The van der Waals surface area contributed by atoms with Crippen molar-refractivity contribution in [3.63, 3.8) is 0 Å². The van der Waals surface area contributed by atoms with E-state index in [1.165, 1.54) is 19.2 Å². The SMILES string of the molecule is C[C@H](CN(C)S(=O)(=O)c1ccc(F)cc1)NC(=O)OC(C)(C)C. The molecule has 1 amide bonds. The summed E-state index contributed by atoms with van der Waals surface area (Å²) in [7, 11) is -2.35. The first-order valence-electron chi connectivity index (χ1n) is 7.13. The Morgan fingerprint density at radius 3 is 2.30 bits per heavy atom. The van der Waals surface area contributed by atoms with Gasteiger partial charge in [-0.25, -0.2) is 17.6 Å². The zero-order valence-corrected chi connectivity index (χ0v) is 14.8. The van der Waals surface area contributed by atoms with Crippen molar-refractivity contribution in [3.8, 4) is 0 Å². The van der Waals surface area contributed by atoms with Crippen LogP contribution in [0, 0.1) is 5.82 Å². The highest BCUT2D eigenvalue weighted by molar-refractivity contribution is 7.89. The van der Waals surface area contributed by atoms with E-state index in [9.17, 15) is 17.6 Å². The monoisotopic (exact) mass is 346 g/mol. The highest BCUT2D eigenvalue weighted by Gasteiger charge is 2.24. The van der Waals surface area contributed by atoms with Crippen LogP contribution in [0.1, 0.15) is 27.7 Å². The van der Waals surface area contributed by atoms with Crippen LogP contribution < -0.4 is 5.32 Å². The van der Waals surface area contributed by atoms with Gasteiger partial charge in [0.2, 0.25) is 10.0 Å². The van der Waals surface area contributed by atoms with Crippen LogP contribution in [-0.2, 0) is 14.8 Å². The van der Waals surface area contributed by atoms with E-state index in [4.69, 9.17) is 4.74 Å². The Labute approximate surface area is 136 Å². The molecule has 0 spiro atoms. The summed E-state index contributed by atoms with van der Waals surface area (Å²) in [4.78, 5) is 11.7. The number of alkyl carbamates (subject to hydrolysis) is 1. The Kier molecular flexibility index (Phi) is 6.12. The van der Waals surface area contributed by atoms with Crippen molar-refractivity contribution in [1.82, 2.24) is 9.62 Å². The van der Waals surface area contributed by atoms with Crippen LogP contribution >= 0.6 is 0 Å². The number of halogens is 1. The third-order valence-electron chi connectivity index (χ3n) is 2.82. The number of rotatable bonds is 5. The Bertz CT molecular complexity index is 638. The molecule has 6 nitrogen and oxygen atoms in total. The minimum absolute atomic E-state index is 0.00846. The second-order valence-corrected chi connectivity index (χ2v) is 8.33. The van der Waals surface area contributed by atoms with Gasteiger partial charge in [-0.2, -0.15) is 4.31 Å². The number of hydrogen-bond acceptors (Lipinski definition) is 4. The first-order valence-corrected chi connectivity index (χ1v) is 8.57. The van der Waals surface area contributed by atoms with Gasteiger partial charge in [-0.15, -0.1) is 0 Å². The molecule has 23 heavy (non-hydrogen) atoms. The quantitative estimate of drug-likeness (QED) is 0.888. The smallest absolute Gasteiger partial charge is 0.407 e. The molecule has 0 aliphatic rings. The van der Waals surface area contributed by atoms with Crippen LogP contribution in [-0.4, -0.2) is 44.1 Å². The van der Waals surface area contributed by atoms with Gasteiger partial charge >= 0.3 is 6.09 Å². The number of benzene rings is 1. The summed E-state index contributed by atoms with van der Waals surface area (Å²) in [5.41, 5.74) is -0.629. The van der Waals surface area contributed by atoms with Crippen molar-refractivity contribution in [2.75, 3.05) is 13.6 Å². The molecule has 0 saturated heterocycles. The summed E-state index contributed by atoms with van der Waals surface area (Å²) in [6.07, 6.45) is -0.613. The molecule has 0 bridgehead atoms. The van der Waals surface area contributed by atoms with Crippen LogP contribution in [0.15, 0.2) is 29.2 Å². The first kappa shape index (κ1) is 19.4. The predicted molar refractivity (Wildman–Crippen MR) is 85.0 cm³/mol. The molecule has 0 aliphatic carbocycles. The fourth-order valence-electron chi connectivity index (χ4n) is 1.82. The predicted octanol–water partition coefficient (Wildman–Crippen LogP) is 2.36. The van der Waals surface area contributed by atoms with Crippen LogP contribution in [0.2, 0.25) is 0 Å². The minimum Gasteiger partial charge on any atom is -0.444 e. The average Bonchev–Trinajstić information content (AvgIpc) is 2.36. The van der Waals surface area contributed by atoms with Gasteiger partial charge in [0.1, 0.15) is 11.4 Å². The second-order valence-electron chi connectivity index (χ2n) is 6.29. The van der Waals surface area contributed by atoms with Gasteiger partial charge < -0.3 is 10.1 Å². The first-order chi connectivity index (χ1) is 10.4. The lowest BCUT2D eigenvalue weighted by Gasteiger charge is -2.24. The van der Waals surface area contributed by atoms with Crippen LogP contribution in [0.25, 0.3) is 0 Å². The Balaban J connectivity index is 2.69. The van der Waals surface area contributed by atoms with Gasteiger partial charge in [0.15, 0.2) is 0 Å². The number of nitrogens with zero attached hydrogens (tertiary/aromatic N) is 1. The molecule has 8 heteroatoms. The lowest BCUT2D eigenvalue weighted by molar-refractivity contribution is 0.0504. The van der Waals surface area contributed by atoms with Crippen molar-refractivity contribution in [2.24, 2.45) is 0 Å². The summed E-state index contributed by atoms with van der Waals surface area (Å²) in [5.74, 6) is -0.508. The molecule has 0 aliphatic heterocycles. The number of nitrogens with one attached hydrogen (secondary N) is 1. The lowest BCUT2D eigenvalue weighted by Crippen LogP contribution is -2.44. The normalized spacial score (nSPS) is 13.7. The van der Waals surface area contributed by atoms with E-state index in [1.807, 2.05) is 0 Å². The third-order valence-corrected chi connectivity index (χ3v) is 4.65. The van der Waals surface area contributed by atoms with E-state index < -0.39 is 33.6 Å². The number of sulfonamides is 1. The molecular formula is C15H23FN2O4S. The topological polar surface area (TPSA) is 75.7 Å². The molecule has 1 N–H and O–H groups in total. The van der Waals surface area contributed by atoms with Crippen LogP contribution in [0.4, 0.5) is 9.18 Å². The summed E-state index contributed by atoms with van der Waals surface area (Å²) in [6, 6.07) is 4.12. The molecule has 0 heterocycles. The van der Waals surface area contributed by atoms with Crippen molar-refractivity contribution in [1.29, 1.82) is 0 Å². The van der Waals surface area contributed by atoms with E-state index in [0.717, 1.165) is 16.4 Å². The fourth-order valence-corrected chi connectivity index (χ4v) is 3.08. The summed E-state index contributed by atoms with van der Waals surface area (Å²) < 4.78 is 43.8. The highest BCUT2D eigenvalue weighted by atomic mass is 32.2. The van der Waals surface area contributed by atoms with Crippen molar-refractivity contribution in [2.45, 2.75) is 44.2 Å². The number of ether oxygens (including phenoxy) is 1. The Morgan fingerprint density at radius 1 is 1.30 bits per heavy atom. The van der Waals surface area contributed by atoms with E-state index in [2.05, 4.69) is 5.32 Å². The molecule has 0 aromatic heterocycles. The van der Waals surface area contributed by atoms with Crippen molar-refractivity contribution in [3.05, 3.63) is 30.1 Å². The van der Waals surface area contributed by atoms with Gasteiger partial charge in [-0.3, -0.25) is 0 Å². The maximum absolute atomic E-state index is 12.9. The van der Waals surface area contributed by atoms with E-state index in [0.29, 0.717) is 0 Å². The Morgan fingerprint density at radius 2 is 1.83 bits per heavy atom. The third kappa shape index (κ3) is 6.15. The van der Waals surface area contributed by atoms with Gasteiger partial charge in [0, 0.05) is 19.6 Å². The van der Waals surface area contributed by atoms with E-state index in [-0.39, 0.29) is 11.4 Å². The molecule has 1 aromatic carbocycles. The van der Waals surface area contributed by atoms with E-state index in [1.54, 1.807) is 27.7 Å². The molecular weight excluding hydrogens is 323 g/mol. The van der Waals surface area contributed by atoms with Gasteiger partial charge in [-0.05, 0) is 52.0 Å². The van der Waals surface area contributed by atoms with Gasteiger partial charge in [0.05, 0.1) is 4.90 Å². The van der Waals surface area contributed by atoms with E-state index >= 15 is 0 Å². The van der Waals surface area contributed by atoms with Crippen LogP contribution in [0.5, 0.6) is 0 Å². The second kappa shape index (κ2) is 7.27. The number of likely N-dealkylation sites (N-methyl/N-ethyl adjacent to an activating group) is 1. The van der Waals surface area contributed by atoms with Crippen molar-refractivity contribution >= 4 is 16.1 Å². The summed E-state index contributed by atoms with van der Waals surface area (Å²) >= 11 is 0. The summed E-state index contributed by atoms with van der Waals surface area (Å²) in [5, 5.41) is 2.57. The fraction of sp³-hybridized carbons (Fsp3) is 0.533. The maximum atomic E-state index is 12.9. The number of carbonyl (C=O) groups excluding carboxylic acids is 1. The van der Waals surface area contributed by atoms with Gasteiger partial charge in [0.25, 0.3) is 0 Å².